The van der Waals surface area contributed by atoms with E-state index in [1.54, 1.807) is 0 Å². The van der Waals surface area contributed by atoms with Crippen LogP contribution in [0.2, 0.25) is 0 Å². The number of likely N-dealkylation sites (N-methyl/N-ethyl adjacent to an activating group) is 1. The molecule has 0 aliphatic carbocycles. The molecular formula is C15H36N2O3. The van der Waals surface area contributed by atoms with E-state index in [2.05, 4.69) is 10.6 Å². The number of nitrogens with one attached hydrogen (secondary N) is 2. The third kappa shape index (κ3) is 19.7. The molecule has 0 aromatic heterocycles. The molecule has 0 saturated heterocycles. The number of rotatable bonds is 13. The van der Waals surface area contributed by atoms with Crippen LogP contribution in [-0.4, -0.2) is 52.0 Å². The molecule has 0 rings (SSSR count). The molecule has 20 heavy (non-hydrogen) atoms. The van der Waals surface area contributed by atoms with Crippen LogP contribution < -0.4 is 10.6 Å². The fraction of sp³-hybridized carbons (Fsp3) is 0.933. The molecule has 5 heteroatoms. The number of carbonyl (C=O) groups excluding carboxylic acids is 1. The highest BCUT2D eigenvalue weighted by Crippen LogP contribution is 1.92. The first-order chi connectivity index (χ1) is 9.81. The largest absolute Gasteiger partial charge is 0.382 e. The third-order valence-corrected chi connectivity index (χ3v) is 2.38. The zero-order valence-corrected chi connectivity index (χ0v) is 13.8. The molecule has 0 radical (unpaired) electrons. The number of ether oxygens (including phenoxy) is 2. The van der Waals surface area contributed by atoms with Gasteiger partial charge in [-0.3, -0.25) is 4.79 Å². The minimum absolute atomic E-state index is 0. The van der Waals surface area contributed by atoms with Gasteiger partial charge in [-0.25, -0.2) is 0 Å². The normalized spacial score (nSPS) is 9.80. The molecule has 0 aliphatic rings. The number of carbonyl (C=O) groups is 1. The summed E-state index contributed by atoms with van der Waals surface area (Å²) in [7, 11) is 0. The van der Waals surface area contributed by atoms with Gasteiger partial charge in [0.05, 0.1) is 6.61 Å². The maximum atomic E-state index is 11.3. The highest BCUT2D eigenvalue weighted by atomic mass is 16.5. The Bertz CT molecular complexity index is 196. The summed E-state index contributed by atoms with van der Waals surface area (Å²) in [6, 6.07) is 0. The second-order valence-corrected chi connectivity index (χ2v) is 3.97. The molecule has 0 heterocycles. The quantitative estimate of drug-likeness (QED) is 0.511. The molecule has 0 fully saturated rings. The summed E-state index contributed by atoms with van der Waals surface area (Å²) >= 11 is 0. The van der Waals surface area contributed by atoms with E-state index in [0.29, 0.717) is 26.2 Å². The molecular weight excluding hydrogens is 256 g/mol. The lowest BCUT2D eigenvalue weighted by molar-refractivity contribution is -0.122. The van der Waals surface area contributed by atoms with Crippen molar-refractivity contribution in [3.63, 3.8) is 0 Å². The van der Waals surface area contributed by atoms with E-state index >= 15 is 0 Å². The van der Waals surface area contributed by atoms with Crippen LogP contribution in [0, 0.1) is 0 Å². The monoisotopic (exact) mass is 292 g/mol. The Morgan fingerprint density at radius 3 is 2.25 bits per heavy atom. The molecule has 0 aliphatic heterocycles. The molecule has 0 bridgehead atoms. The van der Waals surface area contributed by atoms with E-state index in [1.165, 1.54) is 0 Å². The Morgan fingerprint density at radius 2 is 1.65 bits per heavy atom. The highest BCUT2D eigenvalue weighted by molar-refractivity contribution is 5.75. The molecule has 0 unspecified atom stereocenters. The van der Waals surface area contributed by atoms with Gasteiger partial charge in [-0.15, -0.1) is 0 Å². The number of hydrogen-bond acceptors (Lipinski definition) is 4. The zero-order chi connectivity index (χ0) is 15.5. The molecule has 2 N–H and O–H groups in total. The standard InChI is InChI=1S/C13H28N2O3.C2H6.H2/c1-3-14-8-9-15-13(16)7-12-18-11-6-5-10-17-4-2;1-2;/h14H,3-12H2,1-2H3,(H,15,16);1-2H3;1H. The maximum Gasteiger partial charge on any atom is 0.222 e. The molecule has 0 spiro atoms. The van der Waals surface area contributed by atoms with Crippen molar-refractivity contribution >= 4 is 5.91 Å². The summed E-state index contributed by atoms with van der Waals surface area (Å²) in [5.41, 5.74) is 0. The summed E-state index contributed by atoms with van der Waals surface area (Å²) in [5.74, 6) is 0.0576. The van der Waals surface area contributed by atoms with E-state index in [-0.39, 0.29) is 7.33 Å². The molecule has 0 aromatic carbocycles. The Kier molecular flexibility index (Phi) is 22.4. The first-order valence-corrected chi connectivity index (χ1v) is 7.94. The molecule has 124 valence electrons. The molecule has 0 aromatic rings. The van der Waals surface area contributed by atoms with Gasteiger partial charge in [0, 0.05) is 40.8 Å². The Labute approximate surface area is 126 Å². The lowest BCUT2D eigenvalue weighted by atomic mass is 10.3. The van der Waals surface area contributed by atoms with Crippen molar-refractivity contribution in [1.29, 1.82) is 0 Å². The lowest BCUT2D eigenvalue weighted by Gasteiger charge is -2.06. The summed E-state index contributed by atoms with van der Waals surface area (Å²) in [5, 5.41) is 5.98. The van der Waals surface area contributed by atoms with Gasteiger partial charge in [-0.2, -0.15) is 0 Å². The first kappa shape index (κ1) is 21.6. The predicted octanol–water partition coefficient (Wildman–Crippen LogP) is 2.21. The number of unbranched alkanes of at least 4 members (excludes halogenated alkanes) is 1. The van der Waals surface area contributed by atoms with Gasteiger partial charge in [-0.05, 0) is 26.3 Å². The highest BCUT2D eigenvalue weighted by Gasteiger charge is 1.99. The third-order valence-electron chi connectivity index (χ3n) is 2.38. The van der Waals surface area contributed by atoms with Gasteiger partial charge >= 0.3 is 0 Å². The molecule has 0 saturated carbocycles. The first-order valence-electron chi connectivity index (χ1n) is 7.94. The maximum absolute atomic E-state index is 11.3. The van der Waals surface area contributed by atoms with E-state index in [0.717, 1.165) is 39.1 Å². The van der Waals surface area contributed by atoms with Gasteiger partial charge in [0.2, 0.25) is 5.91 Å². The average Bonchev–Trinajstić information content (AvgIpc) is 2.48. The number of hydrogen-bond donors (Lipinski definition) is 2. The lowest BCUT2D eigenvalue weighted by Crippen LogP contribution is -2.32. The fourth-order valence-electron chi connectivity index (χ4n) is 1.37. The van der Waals surface area contributed by atoms with E-state index in [9.17, 15) is 4.79 Å². The SMILES string of the molecule is CC.CCNCCNC(=O)CCOCCCCOCC.[HH]. The van der Waals surface area contributed by atoms with Crippen molar-refractivity contribution in [3.05, 3.63) is 0 Å². The zero-order valence-electron chi connectivity index (χ0n) is 13.8. The van der Waals surface area contributed by atoms with Gasteiger partial charge < -0.3 is 20.1 Å². The second kappa shape index (κ2) is 20.7. The van der Waals surface area contributed by atoms with Crippen LogP contribution in [0.15, 0.2) is 0 Å². The van der Waals surface area contributed by atoms with Crippen molar-refractivity contribution in [2.75, 3.05) is 46.1 Å². The minimum atomic E-state index is 0. The van der Waals surface area contributed by atoms with Crippen molar-refractivity contribution in [2.45, 2.75) is 47.0 Å². The minimum Gasteiger partial charge on any atom is -0.382 e. The van der Waals surface area contributed by atoms with Crippen molar-refractivity contribution in [2.24, 2.45) is 0 Å². The van der Waals surface area contributed by atoms with Gasteiger partial charge in [0.15, 0.2) is 0 Å². The average molecular weight is 292 g/mol. The Morgan fingerprint density at radius 1 is 1.00 bits per heavy atom. The van der Waals surface area contributed by atoms with Crippen LogP contribution in [0.1, 0.15) is 48.4 Å². The van der Waals surface area contributed by atoms with E-state index in [1.807, 2.05) is 27.7 Å². The Hall–Kier alpha value is -0.650. The van der Waals surface area contributed by atoms with E-state index in [4.69, 9.17) is 9.47 Å². The van der Waals surface area contributed by atoms with Gasteiger partial charge in [0.1, 0.15) is 0 Å². The van der Waals surface area contributed by atoms with Crippen molar-refractivity contribution < 1.29 is 15.7 Å². The Balaban J connectivity index is -0.00000103. The van der Waals surface area contributed by atoms with Crippen LogP contribution in [0.4, 0.5) is 0 Å². The van der Waals surface area contributed by atoms with Crippen LogP contribution in [0.3, 0.4) is 0 Å². The fourth-order valence-corrected chi connectivity index (χ4v) is 1.37. The number of amides is 1. The van der Waals surface area contributed by atoms with Crippen molar-refractivity contribution in [1.82, 2.24) is 10.6 Å². The van der Waals surface area contributed by atoms with Crippen LogP contribution in [0.25, 0.3) is 0 Å². The summed E-state index contributed by atoms with van der Waals surface area (Å²) in [6.45, 7) is 13.2. The topological polar surface area (TPSA) is 59.6 Å². The summed E-state index contributed by atoms with van der Waals surface area (Å²) in [6.07, 6.45) is 2.45. The van der Waals surface area contributed by atoms with Crippen LogP contribution in [-0.2, 0) is 14.3 Å². The second-order valence-electron chi connectivity index (χ2n) is 3.97. The predicted molar refractivity (Wildman–Crippen MR) is 86.2 cm³/mol. The van der Waals surface area contributed by atoms with Crippen molar-refractivity contribution in [3.8, 4) is 0 Å². The van der Waals surface area contributed by atoms with Gasteiger partial charge in [0.25, 0.3) is 0 Å². The van der Waals surface area contributed by atoms with Gasteiger partial charge in [-0.1, -0.05) is 20.8 Å². The van der Waals surface area contributed by atoms with Crippen LogP contribution >= 0.6 is 0 Å². The van der Waals surface area contributed by atoms with Crippen LogP contribution in [0.5, 0.6) is 0 Å². The molecule has 5 nitrogen and oxygen atoms in total. The summed E-state index contributed by atoms with van der Waals surface area (Å²) in [4.78, 5) is 11.3. The smallest absolute Gasteiger partial charge is 0.222 e. The van der Waals surface area contributed by atoms with E-state index < -0.39 is 0 Å². The summed E-state index contributed by atoms with van der Waals surface area (Å²) < 4.78 is 10.6. The molecule has 0 atom stereocenters. The molecule has 1 amide bonds.